The zero-order valence-corrected chi connectivity index (χ0v) is 21.3. The van der Waals surface area contributed by atoms with Gasteiger partial charge in [-0.25, -0.2) is 9.97 Å². The predicted octanol–water partition coefficient (Wildman–Crippen LogP) is 5.81. The Bertz CT molecular complexity index is 1270. The SMILES string of the molecule is CCOC(=O)C(C)(C)C1CCN(c2ccc(NC(=O)c3nc(-c4ccccc4)oc3C(F)(F)F)cn2)CC1. The lowest BCUT2D eigenvalue weighted by atomic mass is 9.73. The molecule has 1 aromatic carbocycles. The number of nitrogens with one attached hydrogen (secondary N) is 1. The van der Waals surface area contributed by atoms with Gasteiger partial charge >= 0.3 is 12.1 Å². The quantitative estimate of drug-likeness (QED) is 0.385. The van der Waals surface area contributed by atoms with Crippen LogP contribution in [0.25, 0.3) is 11.5 Å². The van der Waals surface area contributed by atoms with Gasteiger partial charge in [0.25, 0.3) is 5.91 Å². The molecule has 1 N–H and O–H groups in total. The number of pyridine rings is 1. The Hall–Kier alpha value is -3.89. The number of carbonyl (C=O) groups is 2. The Kier molecular flexibility index (Phi) is 7.75. The van der Waals surface area contributed by atoms with Gasteiger partial charge < -0.3 is 19.4 Å². The van der Waals surface area contributed by atoms with Crippen molar-refractivity contribution >= 4 is 23.4 Å². The van der Waals surface area contributed by atoms with E-state index >= 15 is 0 Å². The molecule has 1 amide bonds. The van der Waals surface area contributed by atoms with Crippen molar-refractivity contribution in [1.29, 1.82) is 0 Å². The number of oxazole rings is 1. The lowest BCUT2D eigenvalue weighted by molar-refractivity contribution is -0.157. The van der Waals surface area contributed by atoms with Crippen molar-refractivity contribution in [2.24, 2.45) is 11.3 Å². The summed E-state index contributed by atoms with van der Waals surface area (Å²) in [5, 5.41) is 2.42. The van der Waals surface area contributed by atoms with Crippen molar-refractivity contribution in [2.45, 2.75) is 39.8 Å². The van der Waals surface area contributed by atoms with E-state index in [4.69, 9.17) is 9.15 Å². The molecule has 202 valence electrons. The minimum absolute atomic E-state index is 0.169. The summed E-state index contributed by atoms with van der Waals surface area (Å²) in [7, 11) is 0. The van der Waals surface area contributed by atoms with Gasteiger partial charge in [0.15, 0.2) is 5.69 Å². The number of benzene rings is 1. The fourth-order valence-corrected chi connectivity index (χ4v) is 4.52. The molecule has 38 heavy (non-hydrogen) atoms. The third-order valence-corrected chi connectivity index (χ3v) is 6.77. The third kappa shape index (κ3) is 5.81. The van der Waals surface area contributed by atoms with Crippen LogP contribution in [0.2, 0.25) is 0 Å². The number of piperidine rings is 1. The van der Waals surface area contributed by atoms with Crippen LogP contribution in [0, 0.1) is 11.3 Å². The highest BCUT2D eigenvalue weighted by atomic mass is 19.4. The Morgan fingerprint density at radius 2 is 1.79 bits per heavy atom. The van der Waals surface area contributed by atoms with Crippen molar-refractivity contribution in [3.63, 3.8) is 0 Å². The van der Waals surface area contributed by atoms with Gasteiger partial charge in [-0.05, 0) is 63.8 Å². The molecular weight excluding hydrogens is 501 g/mol. The van der Waals surface area contributed by atoms with Gasteiger partial charge in [0.05, 0.1) is 23.9 Å². The highest BCUT2D eigenvalue weighted by Gasteiger charge is 2.42. The van der Waals surface area contributed by atoms with Crippen molar-refractivity contribution in [3.8, 4) is 11.5 Å². The molecule has 0 unspecified atom stereocenters. The van der Waals surface area contributed by atoms with E-state index < -0.39 is 29.0 Å². The predicted molar refractivity (Wildman–Crippen MR) is 134 cm³/mol. The first-order valence-electron chi connectivity index (χ1n) is 12.3. The molecule has 1 aliphatic heterocycles. The first kappa shape index (κ1) is 27.2. The molecule has 0 aliphatic carbocycles. The van der Waals surface area contributed by atoms with Crippen molar-refractivity contribution < 1.29 is 31.9 Å². The van der Waals surface area contributed by atoms with Crippen LogP contribution in [0.3, 0.4) is 0 Å². The molecule has 0 spiro atoms. The van der Waals surface area contributed by atoms with Gasteiger partial charge in [-0.1, -0.05) is 18.2 Å². The fourth-order valence-electron chi connectivity index (χ4n) is 4.52. The molecule has 1 aliphatic rings. The number of aromatic nitrogens is 2. The summed E-state index contributed by atoms with van der Waals surface area (Å²) in [5.74, 6) is -2.19. The first-order chi connectivity index (χ1) is 18.0. The summed E-state index contributed by atoms with van der Waals surface area (Å²) in [6.45, 7) is 7.31. The number of ether oxygens (including phenoxy) is 1. The zero-order chi connectivity index (χ0) is 27.5. The van der Waals surface area contributed by atoms with Crippen LogP contribution in [0.5, 0.6) is 0 Å². The molecule has 11 heteroatoms. The Morgan fingerprint density at radius 3 is 2.37 bits per heavy atom. The monoisotopic (exact) mass is 530 g/mol. The number of carbonyl (C=O) groups excluding carboxylic acids is 2. The van der Waals surface area contributed by atoms with Crippen LogP contribution in [-0.2, 0) is 15.7 Å². The molecule has 4 rings (SSSR count). The average Bonchev–Trinajstić information content (AvgIpc) is 3.37. The number of alkyl halides is 3. The molecule has 8 nitrogen and oxygen atoms in total. The second kappa shape index (κ2) is 10.8. The fraction of sp³-hybridized carbons (Fsp3) is 0.407. The first-order valence-corrected chi connectivity index (χ1v) is 12.3. The number of nitrogens with zero attached hydrogens (tertiary/aromatic N) is 3. The third-order valence-electron chi connectivity index (χ3n) is 6.77. The molecule has 1 fully saturated rings. The molecule has 2 aromatic heterocycles. The van der Waals surface area contributed by atoms with Gasteiger partial charge in [0, 0.05) is 18.7 Å². The van der Waals surface area contributed by atoms with Crippen LogP contribution in [0.4, 0.5) is 24.7 Å². The maximum atomic E-state index is 13.6. The number of hydrogen-bond acceptors (Lipinski definition) is 7. The summed E-state index contributed by atoms with van der Waals surface area (Å²) in [6.07, 6.45) is -1.96. The van der Waals surface area contributed by atoms with Crippen LogP contribution in [0.15, 0.2) is 53.1 Å². The molecule has 1 saturated heterocycles. The van der Waals surface area contributed by atoms with Crippen molar-refractivity contribution in [2.75, 3.05) is 29.9 Å². The summed E-state index contributed by atoms with van der Waals surface area (Å²) < 4.78 is 50.8. The van der Waals surface area contributed by atoms with E-state index in [0.717, 1.165) is 12.8 Å². The molecule has 3 heterocycles. The van der Waals surface area contributed by atoms with E-state index in [2.05, 4.69) is 20.2 Å². The standard InChI is InChI=1S/C27H29F3N4O4/c1-4-37-25(36)26(2,3)18-12-14-34(15-13-18)20-11-10-19(16-31-20)32-23(35)21-22(27(28,29)30)38-24(33-21)17-8-6-5-7-9-17/h5-11,16,18H,4,12-15H2,1-3H3,(H,32,35). The molecule has 0 saturated carbocycles. The van der Waals surface area contributed by atoms with Crippen molar-refractivity contribution in [1.82, 2.24) is 9.97 Å². The summed E-state index contributed by atoms with van der Waals surface area (Å²) in [6, 6.07) is 11.3. The number of halogens is 3. The van der Waals surface area contributed by atoms with Gasteiger partial charge in [-0.2, -0.15) is 13.2 Å². The molecule has 0 radical (unpaired) electrons. The van der Waals surface area contributed by atoms with Gasteiger partial charge in [0.1, 0.15) is 5.82 Å². The van der Waals surface area contributed by atoms with Crippen LogP contribution >= 0.6 is 0 Å². The Morgan fingerprint density at radius 1 is 1.11 bits per heavy atom. The van der Waals surface area contributed by atoms with E-state index in [0.29, 0.717) is 31.1 Å². The Labute approximate surface area is 218 Å². The zero-order valence-electron chi connectivity index (χ0n) is 21.3. The molecule has 0 atom stereocenters. The lowest BCUT2D eigenvalue weighted by Crippen LogP contribution is -2.43. The Balaban J connectivity index is 1.43. The second-order valence-electron chi connectivity index (χ2n) is 9.62. The van der Waals surface area contributed by atoms with Gasteiger partial charge in [-0.15, -0.1) is 0 Å². The number of hydrogen-bond donors (Lipinski definition) is 1. The maximum Gasteiger partial charge on any atom is 0.452 e. The van der Waals surface area contributed by atoms with Crippen LogP contribution < -0.4 is 10.2 Å². The summed E-state index contributed by atoms with van der Waals surface area (Å²) >= 11 is 0. The topological polar surface area (TPSA) is 97.6 Å². The van der Waals surface area contributed by atoms with E-state index in [1.807, 2.05) is 13.8 Å². The minimum Gasteiger partial charge on any atom is -0.466 e. The number of anilines is 2. The van der Waals surface area contributed by atoms with Crippen LogP contribution in [0.1, 0.15) is 49.9 Å². The highest BCUT2D eigenvalue weighted by Crippen LogP contribution is 2.38. The summed E-state index contributed by atoms with van der Waals surface area (Å²) in [5.41, 5.74) is -0.904. The van der Waals surface area contributed by atoms with E-state index in [9.17, 15) is 22.8 Å². The highest BCUT2D eigenvalue weighted by molar-refractivity contribution is 6.04. The van der Waals surface area contributed by atoms with Gasteiger partial charge in [-0.3, -0.25) is 9.59 Å². The average molecular weight is 531 g/mol. The number of esters is 1. The molecule has 3 aromatic rings. The number of amides is 1. The molecular formula is C27H29F3N4O4. The smallest absolute Gasteiger partial charge is 0.452 e. The lowest BCUT2D eigenvalue weighted by Gasteiger charge is -2.39. The van der Waals surface area contributed by atoms with E-state index in [1.165, 1.54) is 18.3 Å². The minimum atomic E-state index is -4.90. The number of rotatable bonds is 7. The molecule has 0 bridgehead atoms. The van der Waals surface area contributed by atoms with E-state index in [-0.39, 0.29) is 23.5 Å². The summed E-state index contributed by atoms with van der Waals surface area (Å²) in [4.78, 5) is 35.3. The van der Waals surface area contributed by atoms with Crippen molar-refractivity contribution in [3.05, 3.63) is 60.1 Å². The normalized spacial score (nSPS) is 14.8. The maximum absolute atomic E-state index is 13.6. The van der Waals surface area contributed by atoms with Gasteiger partial charge in [0.2, 0.25) is 11.7 Å². The second-order valence-corrected chi connectivity index (χ2v) is 9.62. The largest absolute Gasteiger partial charge is 0.466 e. The van der Waals surface area contributed by atoms with E-state index in [1.54, 1.807) is 37.3 Å². The van der Waals surface area contributed by atoms with Crippen LogP contribution in [-0.4, -0.2) is 41.5 Å².